The molecule has 0 spiro atoms. The van der Waals surface area contributed by atoms with Crippen molar-refractivity contribution >= 4 is 21.7 Å². The van der Waals surface area contributed by atoms with Gasteiger partial charge in [0.2, 0.25) is 5.95 Å². The predicted molar refractivity (Wildman–Crippen MR) is 46.6 cm³/mol. The average Bonchev–Trinajstić information content (AvgIpc) is 1.96. The zero-order valence-corrected chi connectivity index (χ0v) is 8.27. The van der Waals surface area contributed by atoms with Gasteiger partial charge in [-0.05, 0) is 35.8 Å². The Morgan fingerprint density at radius 1 is 1.67 bits per heavy atom. The van der Waals surface area contributed by atoms with Crippen LogP contribution in [-0.2, 0) is 0 Å². The maximum atomic E-state index is 12.9. The van der Waals surface area contributed by atoms with Crippen LogP contribution in [0.2, 0.25) is 0 Å². The summed E-state index contributed by atoms with van der Waals surface area (Å²) in [6.07, 6.45) is 0. The lowest BCUT2D eigenvalue weighted by molar-refractivity contribution is 0.101. The van der Waals surface area contributed by atoms with Crippen LogP contribution in [0.3, 0.4) is 0 Å². The number of pyridine rings is 1. The second kappa shape index (κ2) is 3.31. The number of nitrogens with zero attached hydrogens (tertiary/aromatic N) is 1. The number of aryl methyl sites for hydroxylation is 1. The van der Waals surface area contributed by atoms with Gasteiger partial charge in [-0.3, -0.25) is 4.79 Å². The minimum absolute atomic E-state index is 0.0208. The number of rotatable bonds is 1. The van der Waals surface area contributed by atoms with E-state index >= 15 is 0 Å². The number of hydrogen-bond donors (Lipinski definition) is 0. The van der Waals surface area contributed by atoms with Crippen molar-refractivity contribution < 1.29 is 9.18 Å². The first-order valence-electron chi connectivity index (χ1n) is 3.36. The van der Waals surface area contributed by atoms with Gasteiger partial charge in [-0.1, -0.05) is 0 Å². The Labute approximate surface area is 77.9 Å². The Bertz CT molecular complexity index is 338. The second-order valence-corrected chi connectivity index (χ2v) is 3.30. The molecule has 0 amide bonds. The fraction of sp³-hybridized carbons (Fsp3) is 0.250. The molecule has 0 saturated heterocycles. The van der Waals surface area contributed by atoms with Gasteiger partial charge in [0.15, 0.2) is 5.78 Å². The summed E-state index contributed by atoms with van der Waals surface area (Å²) in [5.41, 5.74) is 0.560. The summed E-state index contributed by atoms with van der Waals surface area (Å²) in [7, 11) is 0. The molecule has 1 aromatic heterocycles. The van der Waals surface area contributed by atoms with E-state index in [1.807, 2.05) is 0 Å². The Balaban J connectivity index is 3.33. The molecule has 0 atom stereocenters. The third-order valence-electron chi connectivity index (χ3n) is 1.48. The lowest BCUT2D eigenvalue weighted by Crippen LogP contribution is -2.01. The highest BCUT2D eigenvalue weighted by atomic mass is 79.9. The van der Waals surface area contributed by atoms with Crippen molar-refractivity contribution in [3.63, 3.8) is 0 Å². The Kier molecular flexibility index (Phi) is 2.57. The number of hydrogen-bond acceptors (Lipinski definition) is 2. The van der Waals surface area contributed by atoms with E-state index in [1.54, 1.807) is 6.92 Å². The number of halogens is 2. The standard InChI is InChI=1S/C8H7BrFNO/c1-4-7(9)3-6(5(2)12)8(10)11-4/h3H,1-2H3. The van der Waals surface area contributed by atoms with E-state index in [0.717, 1.165) is 0 Å². The quantitative estimate of drug-likeness (QED) is 0.550. The van der Waals surface area contributed by atoms with Gasteiger partial charge in [0, 0.05) is 4.47 Å². The van der Waals surface area contributed by atoms with Gasteiger partial charge in [-0.15, -0.1) is 0 Å². The molecule has 0 bridgehead atoms. The van der Waals surface area contributed by atoms with E-state index in [-0.39, 0.29) is 11.3 Å². The first kappa shape index (κ1) is 9.32. The van der Waals surface area contributed by atoms with Crippen LogP contribution in [0.1, 0.15) is 23.0 Å². The monoisotopic (exact) mass is 231 g/mol. The third-order valence-corrected chi connectivity index (χ3v) is 2.29. The molecule has 0 unspecified atom stereocenters. The molecule has 0 aliphatic rings. The Morgan fingerprint density at radius 3 is 2.75 bits per heavy atom. The molecule has 4 heteroatoms. The molecule has 1 rings (SSSR count). The van der Waals surface area contributed by atoms with Crippen LogP contribution >= 0.6 is 15.9 Å². The van der Waals surface area contributed by atoms with Gasteiger partial charge in [0.25, 0.3) is 0 Å². The first-order valence-corrected chi connectivity index (χ1v) is 4.15. The molecule has 1 aromatic rings. The van der Waals surface area contributed by atoms with E-state index in [2.05, 4.69) is 20.9 Å². The summed E-state index contributed by atoms with van der Waals surface area (Å²) in [4.78, 5) is 14.4. The van der Waals surface area contributed by atoms with Crippen LogP contribution < -0.4 is 0 Å². The number of carbonyl (C=O) groups excluding carboxylic acids is 1. The van der Waals surface area contributed by atoms with Crippen LogP contribution in [0.4, 0.5) is 4.39 Å². The molecular formula is C8H7BrFNO. The van der Waals surface area contributed by atoms with Crippen molar-refractivity contribution in [2.24, 2.45) is 0 Å². The summed E-state index contributed by atoms with van der Waals surface area (Å²) in [6.45, 7) is 2.97. The number of aromatic nitrogens is 1. The van der Waals surface area contributed by atoms with Crippen molar-refractivity contribution in [3.05, 3.63) is 27.7 Å². The number of ketones is 1. The maximum Gasteiger partial charge on any atom is 0.224 e. The van der Waals surface area contributed by atoms with Crippen LogP contribution in [0.15, 0.2) is 10.5 Å². The van der Waals surface area contributed by atoms with Crippen LogP contribution in [-0.4, -0.2) is 10.8 Å². The molecule has 0 saturated carbocycles. The summed E-state index contributed by atoms with van der Waals surface area (Å²) < 4.78 is 13.6. The van der Waals surface area contributed by atoms with Gasteiger partial charge in [-0.25, -0.2) is 4.98 Å². The van der Waals surface area contributed by atoms with Crippen molar-refractivity contribution in [1.82, 2.24) is 4.98 Å². The SMILES string of the molecule is CC(=O)c1cc(Br)c(C)nc1F. The zero-order chi connectivity index (χ0) is 9.30. The van der Waals surface area contributed by atoms with Crippen LogP contribution in [0.25, 0.3) is 0 Å². The van der Waals surface area contributed by atoms with Crippen molar-refractivity contribution in [3.8, 4) is 0 Å². The highest BCUT2D eigenvalue weighted by Gasteiger charge is 2.10. The molecule has 64 valence electrons. The lowest BCUT2D eigenvalue weighted by atomic mass is 10.2. The third kappa shape index (κ3) is 1.69. The molecule has 0 radical (unpaired) electrons. The molecule has 12 heavy (non-hydrogen) atoms. The van der Waals surface area contributed by atoms with E-state index in [9.17, 15) is 9.18 Å². The molecule has 1 heterocycles. The second-order valence-electron chi connectivity index (χ2n) is 2.45. The summed E-state index contributed by atoms with van der Waals surface area (Å²) >= 11 is 3.17. The largest absolute Gasteiger partial charge is 0.294 e. The topological polar surface area (TPSA) is 30.0 Å². The van der Waals surface area contributed by atoms with Gasteiger partial charge in [0.05, 0.1) is 11.3 Å². The Hall–Kier alpha value is -0.770. The van der Waals surface area contributed by atoms with Crippen molar-refractivity contribution in [2.45, 2.75) is 13.8 Å². The molecule has 2 nitrogen and oxygen atoms in total. The summed E-state index contributed by atoms with van der Waals surface area (Å²) in [5.74, 6) is -1.02. The molecule has 0 aliphatic carbocycles. The van der Waals surface area contributed by atoms with Crippen molar-refractivity contribution in [1.29, 1.82) is 0 Å². The maximum absolute atomic E-state index is 12.9. The minimum Gasteiger partial charge on any atom is -0.294 e. The molecule has 0 fully saturated rings. The number of Topliss-reactive ketones (excluding diaryl/α,β-unsaturated/α-hetero) is 1. The fourth-order valence-corrected chi connectivity index (χ4v) is 1.12. The van der Waals surface area contributed by atoms with Crippen LogP contribution in [0, 0.1) is 12.9 Å². The van der Waals surface area contributed by atoms with E-state index < -0.39 is 5.95 Å². The highest BCUT2D eigenvalue weighted by molar-refractivity contribution is 9.10. The van der Waals surface area contributed by atoms with E-state index in [0.29, 0.717) is 10.2 Å². The summed E-state index contributed by atoms with van der Waals surface area (Å²) in [5, 5.41) is 0. The minimum atomic E-state index is -0.705. The van der Waals surface area contributed by atoms with Gasteiger partial charge < -0.3 is 0 Å². The predicted octanol–water partition coefficient (Wildman–Crippen LogP) is 2.49. The van der Waals surface area contributed by atoms with Crippen molar-refractivity contribution in [2.75, 3.05) is 0 Å². The lowest BCUT2D eigenvalue weighted by Gasteiger charge is -2.01. The van der Waals surface area contributed by atoms with Crippen LogP contribution in [0.5, 0.6) is 0 Å². The zero-order valence-electron chi connectivity index (χ0n) is 6.69. The first-order chi connectivity index (χ1) is 5.52. The average molecular weight is 232 g/mol. The molecule has 0 aromatic carbocycles. The van der Waals surface area contributed by atoms with Gasteiger partial charge in [-0.2, -0.15) is 4.39 Å². The molecule has 0 N–H and O–H groups in total. The summed E-state index contributed by atoms with van der Waals surface area (Å²) in [6, 6.07) is 1.44. The van der Waals surface area contributed by atoms with E-state index in [1.165, 1.54) is 13.0 Å². The normalized spacial score (nSPS) is 10.0. The smallest absolute Gasteiger partial charge is 0.224 e. The highest BCUT2D eigenvalue weighted by Crippen LogP contribution is 2.17. The molecular weight excluding hydrogens is 225 g/mol. The van der Waals surface area contributed by atoms with Gasteiger partial charge >= 0.3 is 0 Å². The fourth-order valence-electron chi connectivity index (χ4n) is 0.798. The Morgan fingerprint density at radius 2 is 2.25 bits per heavy atom. The van der Waals surface area contributed by atoms with E-state index in [4.69, 9.17) is 0 Å². The number of carbonyl (C=O) groups is 1. The van der Waals surface area contributed by atoms with Gasteiger partial charge in [0.1, 0.15) is 0 Å². The molecule has 0 aliphatic heterocycles.